The second-order valence-corrected chi connectivity index (χ2v) is 5.21. The molecule has 0 aromatic carbocycles. The van der Waals surface area contributed by atoms with Crippen LogP contribution in [0.4, 0.5) is 0 Å². The summed E-state index contributed by atoms with van der Waals surface area (Å²) in [7, 11) is 3.39. The van der Waals surface area contributed by atoms with Crippen LogP contribution in [0.1, 0.15) is 19.3 Å². The Labute approximate surface area is 118 Å². The summed E-state index contributed by atoms with van der Waals surface area (Å²) in [5.74, 6) is -1.12. The second-order valence-electron chi connectivity index (χ2n) is 5.21. The molecule has 20 heavy (non-hydrogen) atoms. The summed E-state index contributed by atoms with van der Waals surface area (Å²) in [5, 5.41) is 11.8. The lowest BCUT2D eigenvalue weighted by Gasteiger charge is -2.30. The third-order valence-electron chi connectivity index (χ3n) is 3.49. The van der Waals surface area contributed by atoms with E-state index in [1.165, 1.54) is 4.90 Å². The summed E-state index contributed by atoms with van der Waals surface area (Å²) in [6.45, 7) is 1.65. The number of carboxylic acids is 1. The Bertz CT molecular complexity index is 363. The van der Waals surface area contributed by atoms with Gasteiger partial charge in [0.05, 0.1) is 12.5 Å². The van der Waals surface area contributed by atoms with Crippen molar-refractivity contribution in [3.05, 3.63) is 0 Å². The zero-order valence-corrected chi connectivity index (χ0v) is 12.1. The molecule has 7 nitrogen and oxygen atoms in total. The SMILES string of the molecule is CN(C)C(=O)CCNCC(=O)N1CCC(C(=O)O)CC1. The minimum Gasteiger partial charge on any atom is -0.481 e. The molecule has 114 valence electrons. The van der Waals surface area contributed by atoms with Crippen LogP contribution in [-0.4, -0.2) is 73.0 Å². The highest BCUT2D eigenvalue weighted by Crippen LogP contribution is 2.16. The van der Waals surface area contributed by atoms with Crippen LogP contribution in [0.5, 0.6) is 0 Å². The molecule has 1 aliphatic heterocycles. The van der Waals surface area contributed by atoms with Gasteiger partial charge in [-0.25, -0.2) is 0 Å². The van der Waals surface area contributed by atoms with Crippen molar-refractivity contribution >= 4 is 17.8 Å². The number of carbonyl (C=O) groups excluding carboxylic acids is 2. The minimum absolute atomic E-state index is 0.0206. The first-order valence-electron chi connectivity index (χ1n) is 6.83. The maximum absolute atomic E-state index is 11.9. The Morgan fingerprint density at radius 2 is 1.85 bits per heavy atom. The minimum atomic E-state index is -0.780. The standard InChI is InChI=1S/C13H23N3O4/c1-15(2)11(17)3-6-14-9-12(18)16-7-4-10(5-8-16)13(19)20/h10,14H,3-9H2,1-2H3,(H,19,20). The molecule has 0 unspecified atom stereocenters. The molecule has 0 spiro atoms. The smallest absolute Gasteiger partial charge is 0.306 e. The molecule has 0 bridgehead atoms. The van der Waals surface area contributed by atoms with E-state index in [1.807, 2.05) is 0 Å². The fraction of sp³-hybridized carbons (Fsp3) is 0.769. The van der Waals surface area contributed by atoms with Crippen molar-refractivity contribution in [2.75, 3.05) is 40.3 Å². The van der Waals surface area contributed by atoms with E-state index in [4.69, 9.17) is 5.11 Å². The van der Waals surface area contributed by atoms with Crippen molar-refractivity contribution in [3.63, 3.8) is 0 Å². The third kappa shape index (κ3) is 5.16. The molecular formula is C13H23N3O4. The van der Waals surface area contributed by atoms with Crippen LogP contribution in [0.15, 0.2) is 0 Å². The number of amides is 2. The monoisotopic (exact) mass is 285 g/mol. The van der Waals surface area contributed by atoms with Crippen molar-refractivity contribution in [1.29, 1.82) is 0 Å². The van der Waals surface area contributed by atoms with E-state index in [0.29, 0.717) is 38.9 Å². The summed E-state index contributed by atoms with van der Waals surface area (Å²) in [5.41, 5.74) is 0. The highest BCUT2D eigenvalue weighted by molar-refractivity contribution is 5.79. The molecule has 0 radical (unpaired) electrons. The van der Waals surface area contributed by atoms with E-state index < -0.39 is 5.97 Å². The Morgan fingerprint density at radius 1 is 1.25 bits per heavy atom. The number of rotatable bonds is 6. The van der Waals surface area contributed by atoms with Gasteiger partial charge in [-0.1, -0.05) is 0 Å². The Balaban J connectivity index is 2.18. The number of nitrogens with one attached hydrogen (secondary N) is 1. The van der Waals surface area contributed by atoms with Gasteiger partial charge >= 0.3 is 5.97 Å². The van der Waals surface area contributed by atoms with E-state index in [1.54, 1.807) is 19.0 Å². The number of hydrogen-bond acceptors (Lipinski definition) is 4. The van der Waals surface area contributed by atoms with Crippen molar-refractivity contribution in [2.24, 2.45) is 5.92 Å². The largest absolute Gasteiger partial charge is 0.481 e. The number of nitrogens with zero attached hydrogens (tertiary/aromatic N) is 2. The molecule has 0 aromatic rings. The first-order valence-corrected chi connectivity index (χ1v) is 6.83. The molecule has 0 aliphatic carbocycles. The van der Waals surface area contributed by atoms with Gasteiger partial charge < -0.3 is 20.2 Å². The molecule has 1 rings (SSSR count). The van der Waals surface area contributed by atoms with Gasteiger partial charge in [0.25, 0.3) is 0 Å². The number of aliphatic carboxylic acids is 1. The van der Waals surface area contributed by atoms with Crippen LogP contribution in [0, 0.1) is 5.92 Å². The van der Waals surface area contributed by atoms with Gasteiger partial charge in [0, 0.05) is 40.2 Å². The summed E-state index contributed by atoms with van der Waals surface area (Å²) in [6.07, 6.45) is 1.39. The molecule has 1 heterocycles. The van der Waals surface area contributed by atoms with Gasteiger partial charge in [-0.3, -0.25) is 14.4 Å². The van der Waals surface area contributed by atoms with Crippen molar-refractivity contribution < 1.29 is 19.5 Å². The molecule has 2 N–H and O–H groups in total. The van der Waals surface area contributed by atoms with Crippen molar-refractivity contribution in [1.82, 2.24) is 15.1 Å². The van der Waals surface area contributed by atoms with Gasteiger partial charge in [-0.2, -0.15) is 0 Å². The number of carbonyl (C=O) groups is 3. The number of piperidine rings is 1. The fourth-order valence-electron chi connectivity index (χ4n) is 2.10. The predicted octanol–water partition coefficient (Wildman–Crippen LogP) is -0.622. The van der Waals surface area contributed by atoms with Gasteiger partial charge in [0.1, 0.15) is 0 Å². The molecule has 0 aromatic heterocycles. The molecule has 7 heteroatoms. The van der Waals surface area contributed by atoms with Crippen LogP contribution >= 0.6 is 0 Å². The fourth-order valence-corrected chi connectivity index (χ4v) is 2.10. The Hall–Kier alpha value is -1.63. The van der Waals surface area contributed by atoms with E-state index in [-0.39, 0.29) is 24.3 Å². The van der Waals surface area contributed by atoms with Crippen molar-refractivity contribution in [3.8, 4) is 0 Å². The molecule has 1 saturated heterocycles. The average Bonchev–Trinajstić information content (AvgIpc) is 2.43. The highest BCUT2D eigenvalue weighted by Gasteiger charge is 2.26. The molecule has 1 fully saturated rings. The maximum atomic E-state index is 11.9. The molecular weight excluding hydrogens is 262 g/mol. The van der Waals surface area contributed by atoms with Crippen LogP contribution in [0.2, 0.25) is 0 Å². The van der Waals surface area contributed by atoms with Crippen LogP contribution < -0.4 is 5.32 Å². The molecule has 0 saturated carbocycles. The number of likely N-dealkylation sites (tertiary alicyclic amines) is 1. The van der Waals surface area contributed by atoms with Gasteiger partial charge in [-0.05, 0) is 12.8 Å². The maximum Gasteiger partial charge on any atom is 0.306 e. The summed E-state index contributed by atoms with van der Waals surface area (Å²) < 4.78 is 0. The lowest BCUT2D eigenvalue weighted by Crippen LogP contribution is -2.44. The number of hydrogen-bond donors (Lipinski definition) is 2. The van der Waals surface area contributed by atoms with Gasteiger partial charge in [0.15, 0.2) is 0 Å². The quantitative estimate of drug-likeness (QED) is 0.635. The molecule has 0 atom stereocenters. The van der Waals surface area contributed by atoms with E-state index in [9.17, 15) is 14.4 Å². The van der Waals surface area contributed by atoms with Crippen LogP contribution in [0.3, 0.4) is 0 Å². The summed E-state index contributed by atoms with van der Waals surface area (Å²) >= 11 is 0. The van der Waals surface area contributed by atoms with Gasteiger partial charge in [0.2, 0.25) is 11.8 Å². The second kappa shape index (κ2) is 7.84. The number of carboxylic acid groups (broad SMARTS) is 1. The zero-order chi connectivity index (χ0) is 15.1. The molecule has 1 aliphatic rings. The first kappa shape index (κ1) is 16.4. The van der Waals surface area contributed by atoms with E-state index in [2.05, 4.69) is 5.32 Å². The predicted molar refractivity (Wildman–Crippen MR) is 73.1 cm³/mol. The Morgan fingerprint density at radius 3 is 2.35 bits per heavy atom. The summed E-state index contributed by atoms with van der Waals surface area (Å²) in [6, 6.07) is 0. The topological polar surface area (TPSA) is 90.0 Å². The molecule has 2 amide bonds. The lowest BCUT2D eigenvalue weighted by molar-refractivity contribution is -0.145. The lowest BCUT2D eigenvalue weighted by atomic mass is 9.97. The summed E-state index contributed by atoms with van der Waals surface area (Å²) in [4.78, 5) is 37.2. The van der Waals surface area contributed by atoms with E-state index >= 15 is 0 Å². The first-order chi connectivity index (χ1) is 9.41. The zero-order valence-electron chi connectivity index (χ0n) is 12.1. The Kier molecular flexibility index (Phi) is 6.44. The van der Waals surface area contributed by atoms with Crippen molar-refractivity contribution in [2.45, 2.75) is 19.3 Å². The normalized spacial score (nSPS) is 16.0. The third-order valence-corrected chi connectivity index (χ3v) is 3.49. The van der Waals surface area contributed by atoms with Crippen LogP contribution in [0.25, 0.3) is 0 Å². The van der Waals surface area contributed by atoms with Crippen LogP contribution in [-0.2, 0) is 14.4 Å². The highest BCUT2D eigenvalue weighted by atomic mass is 16.4. The van der Waals surface area contributed by atoms with Gasteiger partial charge in [-0.15, -0.1) is 0 Å². The van der Waals surface area contributed by atoms with E-state index in [0.717, 1.165) is 0 Å². The average molecular weight is 285 g/mol.